The van der Waals surface area contributed by atoms with Crippen LogP contribution < -0.4 is 5.32 Å². The fourth-order valence-electron chi connectivity index (χ4n) is 2.71. The maximum Gasteiger partial charge on any atom is 0.244 e. The third-order valence-corrected chi connectivity index (χ3v) is 4.10. The Hall–Kier alpha value is -2.53. The van der Waals surface area contributed by atoms with Gasteiger partial charge in [0, 0.05) is 17.8 Å². The third kappa shape index (κ3) is 3.21. The molecule has 0 aliphatic rings. The van der Waals surface area contributed by atoms with Gasteiger partial charge in [0.2, 0.25) is 5.91 Å². The first kappa shape index (κ1) is 16.3. The number of aromatic nitrogens is 2. The molecule has 0 aliphatic carbocycles. The van der Waals surface area contributed by atoms with Crippen molar-refractivity contribution in [3.05, 3.63) is 64.5 Å². The zero-order valence-electron chi connectivity index (χ0n) is 13.7. The van der Waals surface area contributed by atoms with E-state index < -0.39 is 0 Å². The number of nitrogens with one attached hydrogen (secondary N) is 1. The van der Waals surface area contributed by atoms with E-state index >= 15 is 0 Å². The molecule has 3 heterocycles. The van der Waals surface area contributed by atoms with Crippen LogP contribution in [0.2, 0.25) is 5.15 Å². The Morgan fingerprint density at radius 2 is 2.21 bits per heavy atom. The minimum Gasteiger partial charge on any atom is -0.466 e. The lowest BCUT2D eigenvalue weighted by Crippen LogP contribution is -2.24. The lowest BCUT2D eigenvalue weighted by molar-refractivity contribution is -0.117. The molecule has 3 aromatic heterocycles. The Balaban J connectivity index is 1.75. The van der Waals surface area contributed by atoms with E-state index in [0.29, 0.717) is 10.8 Å². The highest BCUT2D eigenvalue weighted by atomic mass is 35.5. The average molecular weight is 344 g/mol. The smallest absolute Gasteiger partial charge is 0.244 e. The summed E-state index contributed by atoms with van der Waals surface area (Å²) in [6.45, 7) is 5.70. The predicted molar refractivity (Wildman–Crippen MR) is 94.0 cm³/mol. The van der Waals surface area contributed by atoms with Gasteiger partial charge in [-0.15, -0.1) is 0 Å². The first-order chi connectivity index (χ1) is 11.5. The van der Waals surface area contributed by atoms with Crippen LogP contribution in [0.3, 0.4) is 0 Å². The summed E-state index contributed by atoms with van der Waals surface area (Å²) in [6.07, 6.45) is 4.98. The molecule has 1 N–H and O–H groups in total. The van der Waals surface area contributed by atoms with Gasteiger partial charge in [0.1, 0.15) is 17.2 Å². The van der Waals surface area contributed by atoms with Crippen molar-refractivity contribution in [1.82, 2.24) is 14.7 Å². The number of fused-ring (bicyclic) bond motifs is 1. The molecule has 1 amide bonds. The Morgan fingerprint density at radius 1 is 1.42 bits per heavy atom. The minimum atomic E-state index is -0.206. The molecular formula is C18H18ClN3O2. The molecule has 6 heteroatoms. The topological polar surface area (TPSA) is 59.5 Å². The molecular weight excluding hydrogens is 326 g/mol. The van der Waals surface area contributed by atoms with Crippen molar-refractivity contribution in [1.29, 1.82) is 0 Å². The van der Waals surface area contributed by atoms with Gasteiger partial charge in [-0.25, -0.2) is 4.98 Å². The maximum atomic E-state index is 12.2. The quantitative estimate of drug-likeness (QED) is 0.726. The average Bonchev–Trinajstić information content (AvgIpc) is 3.03. The van der Waals surface area contributed by atoms with Crippen molar-refractivity contribution in [2.24, 2.45) is 0 Å². The Labute approximate surface area is 145 Å². The van der Waals surface area contributed by atoms with E-state index in [0.717, 1.165) is 22.7 Å². The number of imidazole rings is 1. The lowest BCUT2D eigenvalue weighted by Gasteiger charge is -2.11. The van der Waals surface area contributed by atoms with Crippen molar-refractivity contribution < 1.29 is 9.21 Å². The second-order valence-corrected chi connectivity index (χ2v) is 6.01. The van der Waals surface area contributed by atoms with Crippen molar-refractivity contribution in [2.45, 2.75) is 26.8 Å². The van der Waals surface area contributed by atoms with Gasteiger partial charge in [0.15, 0.2) is 5.15 Å². The van der Waals surface area contributed by atoms with Gasteiger partial charge in [-0.3, -0.25) is 9.20 Å². The van der Waals surface area contributed by atoms with Crippen LogP contribution in [0.15, 0.2) is 41.0 Å². The van der Waals surface area contributed by atoms with Gasteiger partial charge < -0.3 is 9.73 Å². The monoisotopic (exact) mass is 343 g/mol. The van der Waals surface area contributed by atoms with Crippen molar-refractivity contribution >= 4 is 29.2 Å². The summed E-state index contributed by atoms with van der Waals surface area (Å²) in [5, 5.41) is 3.28. The molecule has 24 heavy (non-hydrogen) atoms. The molecule has 3 rings (SSSR count). The molecule has 1 unspecified atom stereocenters. The van der Waals surface area contributed by atoms with Crippen LogP contribution in [0, 0.1) is 13.8 Å². The van der Waals surface area contributed by atoms with Gasteiger partial charge in [-0.1, -0.05) is 17.7 Å². The van der Waals surface area contributed by atoms with Gasteiger partial charge in [0.25, 0.3) is 0 Å². The van der Waals surface area contributed by atoms with E-state index in [1.165, 1.54) is 6.08 Å². The summed E-state index contributed by atoms with van der Waals surface area (Å²) in [5.74, 6) is 1.44. The zero-order chi connectivity index (χ0) is 17.3. The molecule has 5 nitrogen and oxygen atoms in total. The van der Waals surface area contributed by atoms with Crippen LogP contribution in [-0.4, -0.2) is 15.3 Å². The number of furan rings is 1. The van der Waals surface area contributed by atoms with Gasteiger partial charge in [-0.2, -0.15) is 0 Å². The molecule has 3 aromatic rings. The van der Waals surface area contributed by atoms with E-state index in [1.54, 1.807) is 6.08 Å². The maximum absolute atomic E-state index is 12.2. The fourth-order valence-corrected chi connectivity index (χ4v) is 2.95. The number of carbonyl (C=O) groups excluding carboxylic acids is 1. The number of nitrogens with zero attached hydrogens (tertiary/aromatic N) is 2. The Bertz CT molecular complexity index is 924. The fraction of sp³-hybridized carbons (Fsp3) is 0.222. The Kier molecular flexibility index (Phi) is 4.44. The van der Waals surface area contributed by atoms with Crippen LogP contribution in [0.25, 0.3) is 11.7 Å². The standard InChI is InChI=1S/C18H18ClN3O2/c1-11-10-14(13(3)24-11)12(2)20-17(23)8-7-15-18(19)21-16-6-4-5-9-22(15)16/h4-10,12H,1-3H3,(H,20,23). The minimum absolute atomic E-state index is 0.141. The summed E-state index contributed by atoms with van der Waals surface area (Å²) in [7, 11) is 0. The highest BCUT2D eigenvalue weighted by Gasteiger charge is 2.14. The zero-order valence-corrected chi connectivity index (χ0v) is 14.5. The number of pyridine rings is 1. The number of hydrogen-bond acceptors (Lipinski definition) is 3. The molecule has 0 radical (unpaired) electrons. The second-order valence-electron chi connectivity index (χ2n) is 5.65. The number of carbonyl (C=O) groups is 1. The number of halogens is 1. The molecule has 0 fully saturated rings. The lowest BCUT2D eigenvalue weighted by atomic mass is 10.1. The number of aryl methyl sites for hydroxylation is 2. The van der Waals surface area contributed by atoms with Gasteiger partial charge >= 0.3 is 0 Å². The highest BCUT2D eigenvalue weighted by molar-refractivity contribution is 6.31. The summed E-state index contributed by atoms with van der Waals surface area (Å²) in [4.78, 5) is 16.4. The molecule has 0 spiro atoms. The van der Waals surface area contributed by atoms with E-state index in [-0.39, 0.29) is 11.9 Å². The normalized spacial score (nSPS) is 12.8. The molecule has 0 bridgehead atoms. The van der Waals surface area contributed by atoms with Crippen molar-refractivity contribution in [3.63, 3.8) is 0 Å². The van der Waals surface area contributed by atoms with Crippen LogP contribution in [0.4, 0.5) is 0 Å². The van der Waals surface area contributed by atoms with Crippen molar-refractivity contribution in [2.75, 3.05) is 0 Å². The first-order valence-electron chi connectivity index (χ1n) is 7.64. The van der Waals surface area contributed by atoms with Crippen LogP contribution >= 0.6 is 11.6 Å². The summed E-state index contributed by atoms with van der Waals surface area (Å²) in [5.41, 5.74) is 2.38. The van der Waals surface area contributed by atoms with E-state index in [9.17, 15) is 4.79 Å². The molecule has 0 aliphatic heterocycles. The van der Waals surface area contributed by atoms with Crippen LogP contribution in [0.5, 0.6) is 0 Å². The van der Waals surface area contributed by atoms with Crippen LogP contribution in [-0.2, 0) is 4.79 Å². The van der Waals surface area contributed by atoms with E-state index in [4.69, 9.17) is 16.0 Å². The molecule has 1 atom stereocenters. The summed E-state index contributed by atoms with van der Waals surface area (Å²) in [6, 6.07) is 7.42. The number of rotatable bonds is 4. The molecule has 124 valence electrons. The first-order valence-corrected chi connectivity index (χ1v) is 8.01. The predicted octanol–water partition coefficient (Wildman–Crippen LogP) is 4.09. The molecule has 0 aromatic carbocycles. The summed E-state index contributed by atoms with van der Waals surface area (Å²) >= 11 is 6.15. The van der Waals surface area contributed by atoms with E-state index in [2.05, 4.69) is 10.3 Å². The highest BCUT2D eigenvalue weighted by Crippen LogP contribution is 2.21. The SMILES string of the molecule is Cc1cc(C(C)NC(=O)C=Cc2c(Cl)nc3ccccn23)c(C)o1. The van der Waals surface area contributed by atoms with Gasteiger partial charge in [0.05, 0.1) is 11.7 Å². The third-order valence-electron chi connectivity index (χ3n) is 3.82. The van der Waals surface area contributed by atoms with Gasteiger partial charge in [-0.05, 0) is 45.0 Å². The molecule has 0 saturated carbocycles. The second kappa shape index (κ2) is 6.53. The van der Waals surface area contributed by atoms with E-state index in [1.807, 2.05) is 55.6 Å². The number of amides is 1. The largest absolute Gasteiger partial charge is 0.466 e. The van der Waals surface area contributed by atoms with Crippen LogP contribution in [0.1, 0.15) is 35.7 Å². The van der Waals surface area contributed by atoms with Crippen molar-refractivity contribution in [3.8, 4) is 0 Å². The Morgan fingerprint density at radius 3 is 2.92 bits per heavy atom. The summed E-state index contributed by atoms with van der Waals surface area (Å²) < 4.78 is 7.33. The number of hydrogen-bond donors (Lipinski definition) is 1. The molecule has 0 saturated heterocycles.